The molecule has 0 radical (unpaired) electrons. The molecule has 0 spiro atoms. The van der Waals surface area contributed by atoms with E-state index < -0.39 is 23.7 Å². The van der Waals surface area contributed by atoms with Crippen LogP contribution in [0.4, 0.5) is 4.39 Å². The number of amides is 2. The second kappa shape index (κ2) is 9.79. The van der Waals surface area contributed by atoms with Gasteiger partial charge in [-0.3, -0.25) is 20.4 Å². The molecule has 1 aromatic heterocycles. The number of hydrogen-bond acceptors (Lipinski definition) is 5. The predicted octanol–water partition coefficient (Wildman–Crippen LogP) is 3.94. The molecule has 1 heterocycles. The third kappa shape index (κ3) is 5.61. The van der Waals surface area contributed by atoms with Crippen LogP contribution < -0.4 is 15.6 Å². The van der Waals surface area contributed by atoms with Crippen molar-refractivity contribution in [3.63, 3.8) is 0 Å². The van der Waals surface area contributed by atoms with Gasteiger partial charge >= 0.3 is 5.91 Å². The van der Waals surface area contributed by atoms with Crippen molar-refractivity contribution in [1.82, 2.24) is 10.9 Å². The Morgan fingerprint density at radius 2 is 1.79 bits per heavy atom. The Morgan fingerprint density at radius 1 is 1.07 bits per heavy atom. The Labute approximate surface area is 171 Å². The fraction of sp³-hybridized carbons (Fsp3) is 0.143. The number of carbonyl (C=O) groups is 2. The number of nitrogens with one attached hydrogen (secondary N) is 2. The smallest absolute Gasteiger partial charge is 0.305 e. The molecule has 2 aromatic carbocycles. The summed E-state index contributed by atoms with van der Waals surface area (Å²) in [5.74, 6) is -1.21. The van der Waals surface area contributed by atoms with E-state index >= 15 is 0 Å². The number of ether oxygens (including phenoxy) is 1. The highest BCUT2D eigenvalue weighted by Gasteiger charge is 2.20. The lowest BCUT2D eigenvalue weighted by molar-refractivity contribution is -0.128. The van der Waals surface area contributed by atoms with Gasteiger partial charge in [-0.1, -0.05) is 30.3 Å². The van der Waals surface area contributed by atoms with Gasteiger partial charge in [0.05, 0.1) is 6.26 Å². The maximum Gasteiger partial charge on any atom is 0.305 e. The first kappa shape index (κ1) is 20.5. The molecule has 3 rings (SSSR count). The molecule has 0 aliphatic carbocycles. The minimum Gasteiger partial charge on any atom is -0.478 e. The zero-order valence-corrected chi connectivity index (χ0v) is 16.4. The topological polar surface area (TPSA) is 80.6 Å². The Bertz CT molecular complexity index is 978. The van der Waals surface area contributed by atoms with Gasteiger partial charge in [0.1, 0.15) is 0 Å². The Morgan fingerprint density at radius 3 is 2.55 bits per heavy atom. The zero-order valence-electron chi connectivity index (χ0n) is 15.6. The molecule has 29 heavy (non-hydrogen) atoms. The van der Waals surface area contributed by atoms with E-state index in [4.69, 9.17) is 9.15 Å². The van der Waals surface area contributed by atoms with Gasteiger partial charge in [-0.25, -0.2) is 4.39 Å². The van der Waals surface area contributed by atoms with Crippen molar-refractivity contribution in [2.75, 3.05) is 0 Å². The van der Waals surface area contributed by atoms with Crippen LogP contribution in [0.15, 0.2) is 76.2 Å². The number of rotatable bonds is 7. The largest absolute Gasteiger partial charge is 0.478 e. The van der Waals surface area contributed by atoms with Crippen LogP contribution in [-0.2, 0) is 10.5 Å². The second-order valence-electron chi connectivity index (χ2n) is 6.01. The van der Waals surface area contributed by atoms with E-state index in [1.165, 1.54) is 31.4 Å². The molecular weight excluding hydrogens is 395 g/mol. The van der Waals surface area contributed by atoms with E-state index in [2.05, 4.69) is 10.9 Å². The normalized spacial score (nSPS) is 11.5. The van der Waals surface area contributed by atoms with Crippen LogP contribution in [0, 0.1) is 5.82 Å². The number of para-hydroxylation sites is 1. The average Bonchev–Trinajstić information content (AvgIpc) is 3.21. The van der Waals surface area contributed by atoms with Gasteiger partial charge in [0, 0.05) is 16.2 Å². The molecule has 6 nitrogen and oxygen atoms in total. The maximum absolute atomic E-state index is 13.6. The van der Waals surface area contributed by atoms with Crippen LogP contribution in [0.1, 0.15) is 23.0 Å². The summed E-state index contributed by atoms with van der Waals surface area (Å²) in [7, 11) is 0. The van der Waals surface area contributed by atoms with E-state index in [0.29, 0.717) is 11.3 Å². The first-order chi connectivity index (χ1) is 14.0. The van der Waals surface area contributed by atoms with Gasteiger partial charge < -0.3 is 9.15 Å². The summed E-state index contributed by atoms with van der Waals surface area (Å²) in [6, 6.07) is 17.2. The summed E-state index contributed by atoms with van der Waals surface area (Å²) in [4.78, 5) is 25.5. The number of benzene rings is 2. The van der Waals surface area contributed by atoms with Crippen molar-refractivity contribution in [1.29, 1.82) is 0 Å². The quantitative estimate of drug-likeness (QED) is 0.452. The highest BCUT2D eigenvalue weighted by atomic mass is 32.2. The fourth-order valence-electron chi connectivity index (χ4n) is 2.39. The van der Waals surface area contributed by atoms with Gasteiger partial charge in [-0.15, -0.1) is 11.8 Å². The summed E-state index contributed by atoms with van der Waals surface area (Å²) in [6.45, 7) is 1.45. The minimum atomic E-state index is -1.02. The van der Waals surface area contributed by atoms with Gasteiger partial charge in [-0.05, 0) is 37.3 Å². The highest BCUT2D eigenvalue weighted by molar-refractivity contribution is 7.98. The van der Waals surface area contributed by atoms with E-state index in [0.717, 1.165) is 4.90 Å². The molecule has 2 amide bonds. The van der Waals surface area contributed by atoms with Gasteiger partial charge in [0.2, 0.25) is 0 Å². The number of furan rings is 1. The van der Waals surface area contributed by atoms with Crippen LogP contribution >= 0.6 is 11.8 Å². The van der Waals surface area contributed by atoms with Gasteiger partial charge in [0.15, 0.2) is 23.4 Å². The standard InChI is InChI=1S/C21H19FN2O4S/c1-14(28-18-10-6-5-9-17(18)22)20(25)23-24-21(26)19-15(11-12-27-19)13-29-16-7-3-2-4-8-16/h2-12,14H,13H2,1H3,(H,23,25)(H,24,26). The van der Waals surface area contributed by atoms with Gasteiger partial charge in [0.25, 0.3) is 5.91 Å². The lowest BCUT2D eigenvalue weighted by atomic mass is 10.3. The van der Waals surface area contributed by atoms with Crippen molar-refractivity contribution in [2.45, 2.75) is 23.7 Å². The molecule has 1 unspecified atom stereocenters. The molecule has 150 valence electrons. The number of hydrazine groups is 1. The predicted molar refractivity (Wildman–Crippen MR) is 107 cm³/mol. The fourth-order valence-corrected chi connectivity index (χ4v) is 3.29. The van der Waals surface area contributed by atoms with Crippen molar-refractivity contribution in [3.05, 3.63) is 84.1 Å². The van der Waals surface area contributed by atoms with Crippen LogP contribution in [0.2, 0.25) is 0 Å². The Balaban J connectivity index is 1.52. The minimum absolute atomic E-state index is 0.0484. The molecule has 0 aliphatic rings. The number of halogens is 1. The summed E-state index contributed by atoms with van der Waals surface area (Å²) < 4.78 is 24.1. The van der Waals surface area contributed by atoms with E-state index in [1.807, 2.05) is 30.3 Å². The van der Waals surface area contributed by atoms with Crippen molar-refractivity contribution in [2.24, 2.45) is 0 Å². The lowest BCUT2D eigenvalue weighted by Gasteiger charge is -2.15. The van der Waals surface area contributed by atoms with Crippen LogP contribution in [-0.4, -0.2) is 17.9 Å². The monoisotopic (exact) mass is 414 g/mol. The Hall–Kier alpha value is -3.26. The molecule has 1 atom stereocenters. The van der Waals surface area contributed by atoms with Gasteiger partial charge in [-0.2, -0.15) is 0 Å². The molecule has 8 heteroatoms. The van der Waals surface area contributed by atoms with E-state index in [-0.39, 0.29) is 11.5 Å². The maximum atomic E-state index is 13.6. The summed E-state index contributed by atoms with van der Waals surface area (Å²) in [6.07, 6.45) is 0.401. The molecule has 0 bridgehead atoms. The molecule has 2 N–H and O–H groups in total. The first-order valence-electron chi connectivity index (χ1n) is 8.80. The Kier molecular flexibility index (Phi) is 6.91. The number of thioether (sulfide) groups is 1. The summed E-state index contributed by atoms with van der Waals surface area (Å²) >= 11 is 1.56. The van der Waals surface area contributed by atoms with Crippen molar-refractivity contribution >= 4 is 23.6 Å². The van der Waals surface area contributed by atoms with Crippen molar-refractivity contribution < 1.29 is 23.1 Å². The molecule has 3 aromatic rings. The summed E-state index contributed by atoms with van der Waals surface area (Å²) in [5.41, 5.74) is 5.24. The molecule has 0 saturated heterocycles. The lowest BCUT2D eigenvalue weighted by Crippen LogP contribution is -2.47. The third-order valence-electron chi connectivity index (χ3n) is 3.90. The SMILES string of the molecule is CC(Oc1ccccc1F)C(=O)NNC(=O)c1occc1CSc1ccccc1. The first-order valence-corrected chi connectivity index (χ1v) is 9.78. The number of hydrogen-bond donors (Lipinski definition) is 2. The molecular formula is C21H19FN2O4S. The third-order valence-corrected chi connectivity index (χ3v) is 4.96. The molecule has 0 saturated carbocycles. The van der Waals surface area contributed by atoms with Crippen LogP contribution in [0.25, 0.3) is 0 Å². The van der Waals surface area contributed by atoms with E-state index in [1.54, 1.807) is 23.9 Å². The highest BCUT2D eigenvalue weighted by Crippen LogP contribution is 2.24. The van der Waals surface area contributed by atoms with Crippen LogP contribution in [0.5, 0.6) is 5.75 Å². The molecule has 0 aliphatic heterocycles. The number of carbonyl (C=O) groups excluding carboxylic acids is 2. The summed E-state index contributed by atoms with van der Waals surface area (Å²) in [5, 5.41) is 0. The van der Waals surface area contributed by atoms with Crippen molar-refractivity contribution in [3.8, 4) is 5.75 Å². The second-order valence-corrected chi connectivity index (χ2v) is 7.06. The van der Waals surface area contributed by atoms with Crippen LogP contribution in [0.3, 0.4) is 0 Å². The zero-order chi connectivity index (χ0) is 20.6. The molecule has 0 fully saturated rings. The van der Waals surface area contributed by atoms with E-state index in [9.17, 15) is 14.0 Å². The average molecular weight is 414 g/mol.